The van der Waals surface area contributed by atoms with Crippen molar-refractivity contribution in [1.82, 2.24) is 10.3 Å². The van der Waals surface area contributed by atoms with E-state index in [0.717, 1.165) is 54.7 Å². The molecule has 4 rings (SSSR count). The average Bonchev–Trinajstić information content (AvgIpc) is 3.25. The van der Waals surface area contributed by atoms with Gasteiger partial charge in [0.1, 0.15) is 5.00 Å². The number of thiophene rings is 1. The van der Waals surface area contributed by atoms with E-state index >= 15 is 0 Å². The van der Waals surface area contributed by atoms with Gasteiger partial charge in [-0.05, 0) is 79.9 Å². The summed E-state index contributed by atoms with van der Waals surface area (Å²) in [6.45, 7) is 6.76. The van der Waals surface area contributed by atoms with E-state index in [0.29, 0.717) is 22.0 Å². The zero-order chi connectivity index (χ0) is 25.5. The Morgan fingerprint density at radius 1 is 1.11 bits per heavy atom. The number of rotatable bonds is 8. The van der Waals surface area contributed by atoms with Crippen LogP contribution in [0.2, 0.25) is 0 Å². The van der Waals surface area contributed by atoms with E-state index in [1.165, 1.54) is 11.3 Å². The molecular weight excluding hydrogens is 472 g/mol. The summed E-state index contributed by atoms with van der Waals surface area (Å²) >= 11 is 1.32. The number of piperidine rings is 1. The van der Waals surface area contributed by atoms with Crippen LogP contribution in [0.4, 0.5) is 5.00 Å². The molecule has 3 N–H and O–H groups in total. The van der Waals surface area contributed by atoms with E-state index in [-0.39, 0.29) is 18.4 Å². The topological polar surface area (TPSA) is 94.0 Å². The van der Waals surface area contributed by atoms with E-state index in [1.54, 1.807) is 12.3 Å². The molecule has 2 amide bonds. The number of likely N-dealkylation sites (tertiary alicyclic amines) is 1. The predicted octanol–water partition coefficient (Wildman–Crippen LogP) is 4.59. The number of aliphatic hydroxyl groups is 1. The lowest BCUT2D eigenvalue weighted by molar-refractivity contribution is 0.0956. The van der Waals surface area contributed by atoms with Crippen LogP contribution in [0.25, 0.3) is 0 Å². The fourth-order valence-electron chi connectivity index (χ4n) is 4.26. The highest BCUT2D eigenvalue weighted by Crippen LogP contribution is 2.28. The lowest BCUT2D eigenvalue weighted by Crippen LogP contribution is -2.34. The Bertz CT molecular complexity index is 1230. The Labute approximate surface area is 215 Å². The van der Waals surface area contributed by atoms with Crippen LogP contribution in [0.1, 0.15) is 55.8 Å². The van der Waals surface area contributed by atoms with Gasteiger partial charge in [-0.25, -0.2) is 5.43 Å². The van der Waals surface area contributed by atoms with E-state index in [2.05, 4.69) is 20.7 Å². The van der Waals surface area contributed by atoms with Gasteiger partial charge in [0.2, 0.25) is 0 Å². The first-order chi connectivity index (χ1) is 17.4. The van der Waals surface area contributed by atoms with E-state index < -0.39 is 0 Å². The van der Waals surface area contributed by atoms with Gasteiger partial charge in [0.15, 0.2) is 0 Å². The first-order valence-corrected chi connectivity index (χ1v) is 13.0. The molecule has 1 fully saturated rings. The molecule has 0 atom stereocenters. The maximum absolute atomic E-state index is 13.0. The smallest absolute Gasteiger partial charge is 0.274 e. The number of hydrazone groups is 1. The molecule has 0 radical (unpaired) electrons. The quantitative estimate of drug-likeness (QED) is 0.309. The molecule has 0 unspecified atom stereocenters. The van der Waals surface area contributed by atoms with Gasteiger partial charge in [0.25, 0.3) is 11.8 Å². The molecule has 0 bridgehead atoms. The minimum Gasteiger partial charge on any atom is -0.396 e. The molecular formula is C28H32N4O3S. The monoisotopic (exact) mass is 504 g/mol. The summed E-state index contributed by atoms with van der Waals surface area (Å²) in [7, 11) is 0. The molecule has 3 aromatic rings. The third kappa shape index (κ3) is 6.66. The molecule has 0 aliphatic carbocycles. The lowest BCUT2D eigenvalue weighted by atomic mass is 9.97. The molecule has 8 heteroatoms. The van der Waals surface area contributed by atoms with E-state index in [1.807, 2.05) is 61.7 Å². The fraction of sp³-hybridized carbons (Fsp3) is 0.321. The van der Waals surface area contributed by atoms with Gasteiger partial charge in [0.05, 0.1) is 11.8 Å². The number of hydrogen-bond donors (Lipinski definition) is 3. The molecule has 1 aromatic heterocycles. The molecule has 1 aliphatic heterocycles. The van der Waals surface area contributed by atoms with Gasteiger partial charge in [-0.1, -0.05) is 42.0 Å². The van der Waals surface area contributed by atoms with Crippen molar-refractivity contribution in [2.24, 2.45) is 11.0 Å². The number of benzene rings is 2. The summed E-state index contributed by atoms with van der Waals surface area (Å²) < 4.78 is 0. The summed E-state index contributed by atoms with van der Waals surface area (Å²) in [5.41, 5.74) is 7.41. The zero-order valence-electron chi connectivity index (χ0n) is 20.7. The number of nitrogens with zero attached hydrogens (tertiary/aromatic N) is 2. The van der Waals surface area contributed by atoms with Crippen molar-refractivity contribution in [2.45, 2.75) is 33.2 Å². The second kappa shape index (κ2) is 12.1. The van der Waals surface area contributed by atoms with Crippen LogP contribution in [0, 0.1) is 19.8 Å². The van der Waals surface area contributed by atoms with E-state index in [4.69, 9.17) is 0 Å². The number of carbonyl (C=O) groups excluding carboxylic acids is 2. The van der Waals surface area contributed by atoms with Gasteiger partial charge < -0.3 is 10.4 Å². The number of hydrogen-bond acceptors (Lipinski definition) is 6. The molecule has 36 heavy (non-hydrogen) atoms. The number of aliphatic hydroxyl groups excluding tert-OH is 1. The molecule has 7 nitrogen and oxygen atoms in total. The minimum atomic E-state index is -0.368. The largest absolute Gasteiger partial charge is 0.396 e. The van der Waals surface area contributed by atoms with Crippen molar-refractivity contribution < 1.29 is 14.7 Å². The van der Waals surface area contributed by atoms with Crippen LogP contribution in [-0.2, 0) is 6.54 Å². The molecule has 0 saturated carbocycles. The first-order valence-electron chi connectivity index (χ1n) is 12.1. The second-order valence-corrected chi connectivity index (χ2v) is 10.2. The number of carbonyl (C=O) groups is 2. The van der Waals surface area contributed by atoms with Gasteiger partial charge in [0, 0.05) is 18.7 Å². The molecule has 0 spiro atoms. The van der Waals surface area contributed by atoms with Crippen molar-refractivity contribution in [2.75, 3.05) is 25.0 Å². The highest BCUT2D eigenvalue weighted by molar-refractivity contribution is 7.15. The van der Waals surface area contributed by atoms with Crippen LogP contribution in [0.5, 0.6) is 0 Å². The number of nitrogens with one attached hydrogen (secondary N) is 2. The highest BCUT2D eigenvalue weighted by atomic mass is 32.1. The summed E-state index contributed by atoms with van der Waals surface area (Å²) in [4.78, 5) is 28.2. The normalized spacial score (nSPS) is 14.8. The summed E-state index contributed by atoms with van der Waals surface area (Å²) in [5.74, 6) is -0.227. The Morgan fingerprint density at radius 2 is 1.86 bits per heavy atom. The van der Waals surface area contributed by atoms with Gasteiger partial charge >= 0.3 is 0 Å². The van der Waals surface area contributed by atoms with Gasteiger partial charge in [-0.15, -0.1) is 11.3 Å². The molecule has 2 aromatic carbocycles. The SMILES string of the molecule is Cc1ccc(/C=N/NC(=O)c2c(C)csc2NC(=O)c2cccc(CN3CCC(CO)CC3)c2)cc1. The minimum absolute atomic E-state index is 0.255. The van der Waals surface area contributed by atoms with Crippen LogP contribution >= 0.6 is 11.3 Å². The molecule has 2 heterocycles. The zero-order valence-corrected chi connectivity index (χ0v) is 21.5. The first kappa shape index (κ1) is 25.8. The van der Waals surface area contributed by atoms with Crippen LogP contribution in [0.3, 0.4) is 0 Å². The number of amides is 2. The van der Waals surface area contributed by atoms with Crippen molar-refractivity contribution in [3.63, 3.8) is 0 Å². The maximum atomic E-state index is 13.0. The van der Waals surface area contributed by atoms with Crippen molar-refractivity contribution in [3.8, 4) is 0 Å². The predicted molar refractivity (Wildman–Crippen MR) is 145 cm³/mol. The Morgan fingerprint density at radius 3 is 2.58 bits per heavy atom. The number of aryl methyl sites for hydroxylation is 2. The van der Waals surface area contributed by atoms with E-state index in [9.17, 15) is 14.7 Å². The highest BCUT2D eigenvalue weighted by Gasteiger charge is 2.21. The Balaban J connectivity index is 1.39. The van der Waals surface area contributed by atoms with Crippen molar-refractivity contribution in [3.05, 3.63) is 87.3 Å². The third-order valence-electron chi connectivity index (χ3n) is 6.45. The molecule has 1 aliphatic rings. The van der Waals surface area contributed by atoms with Gasteiger partial charge in [-0.2, -0.15) is 5.10 Å². The van der Waals surface area contributed by atoms with Gasteiger partial charge in [-0.3, -0.25) is 14.5 Å². The molecule has 188 valence electrons. The van der Waals surface area contributed by atoms with Crippen LogP contribution in [-0.4, -0.2) is 47.7 Å². The van der Waals surface area contributed by atoms with Crippen molar-refractivity contribution in [1.29, 1.82) is 0 Å². The molecule has 1 saturated heterocycles. The average molecular weight is 505 g/mol. The van der Waals surface area contributed by atoms with Crippen LogP contribution in [0.15, 0.2) is 59.0 Å². The number of anilines is 1. The Hall–Kier alpha value is -3.33. The van der Waals surface area contributed by atoms with Crippen molar-refractivity contribution >= 4 is 34.4 Å². The van der Waals surface area contributed by atoms with Crippen LogP contribution < -0.4 is 10.7 Å². The lowest BCUT2D eigenvalue weighted by Gasteiger charge is -2.31. The second-order valence-electron chi connectivity index (χ2n) is 9.29. The summed E-state index contributed by atoms with van der Waals surface area (Å²) in [6.07, 6.45) is 3.58. The maximum Gasteiger partial charge on any atom is 0.274 e. The Kier molecular flexibility index (Phi) is 8.64. The fourth-order valence-corrected chi connectivity index (χ4v) is 5.20. The summed E-state index contributed by atoms with van der Waals surface area (Å²) in [6, 6.07) is 15.4. The third-order valence-corrected chi connectivity index (χ3v) is 7.46. The standard InChI is InChI=1S/C28H32N4O3S/c1-19-6-8-21(9-7-19)15-29-31-27(35)25-20(2)18-36-28(25)30-26(34)24-5-3-4-23(14-24)16-32-12-10-22(17-33)11-13-32/h3-9,14-15,18,22,33H,10-13,16-17H2,1-2H3,(H,30,34)(H,31,35)/b29-15+. The summed E-state index contributed by atoms with van der Waals surface area (Å²) in [5, 5.41) is 18.7.